The molecule has 0 aromatic heterocycles. The van der Waals surface area contributed by atoms with Gasteiger partial charge >= 0.3 is 0 Å². The maximum Gasteiger partial charge on any atom is 0.241 e. The summed E-state index contributed by atoms with van der Waals surface area (Å²) >= 11 is 0. The molecular formula is C18H23ClN2O3. The molecule has 0 heterocycles. The number of ether oxygens (including phenoxy) is 2. The van der Waals surface area contributed by atoms with Gasteiger partial charge in [0.15, 0.2) is 11.5 Å². The van der Waals surface area contributed by atoms with Crippen LogP contribution in [0.4, 0.5) is 0 Å². The predicted octanol–water partition coefficient (Wildman–Crippen LogP) is 2.70. The number of nitrogens with one attached hydrogen (secondary N) is 1. The molecule has 0 aliphatic carbocycles. The van der Waals surface area contributed by atoms with E-state index in [9.17, 15) is 4.79 Å². The normalized spacial score (nSPS) is 12.5. The second kappa shape index (κ2) is 9.80. The van der Waals surface area contributed by atoms with E-state index in [-0.39, 0.29) is 24.4 Å². The predicted molar refractivity (Wildman–Crippen MR) is 96.7 cm³/mol. The van der Waals surface area contributed by atoms with E-state index < -0.39 is 6.04 Å². The Morgan fingerprint density at radius 3 is 2.29 bits per heavy atom. The number of halogens is 1. The minimum atomic E-state index is -0.685. The number of carbonyl (C=O) groups excluding carboxylic acids is 1. The first-order valence-corrected chi connectivity index (χ1v) is 7.49. The summed E-state index contributed by atoms with van der Waals surface area (Å²) in [7, 11) is 1.59. The van der Waals surface area contributed by atoms with E-state index in [0.717, 1.165) is 5.56 Å². The maximum absolute atomic E-state index is 12.1. The summed E-state index contributed by atoms with van der Waals surface area (Å²) in [6, 6.07) is 16.0. The van der Waals surface area contributed by atoms with E-state index in [4.69, 9.17) is 15.2 Å². The molecule has 5 nitrogen and oxygen atoms in total. The quantitative estimate of drug-likeness (QED) is 0.805. The van der Waals surface area contributed by atoms with Crippen LogP contribution in [0.5, 0.6) is 11.5 Å². The number of carbonyl (C=O) groups is 1. The average Bonchev–Trinajstić information content (AvgIpc) is 2.60. The zero-order valence-corrected chi connectivity index (χ0v) is 14.6. The Kier molecular flexibility index (Phi) is 8.09. The van der Waals surface area contributed by atoms with Crippen LogP contribution in [-0.4, -0.2) is 25.7 Å². The van der Waals surface area contributed by atoms with E-state index in [1.165, 1.54) is 0 Å². The Morgan fingerprint density at radius 1 is 1.08 bits per heavy atom. The molecule has 1 amide bonds. The van der Waals surface area contributed by atoms with Gasteiger partial charge in [0.05, 0.1) is 13.7 Å². The van der Waals surface area contributed by atoms with E-state index in [2.05, 4.69) is 5.32 Å². The summed E-state index contributed by atoms with van der Waals surface area (Å²) in [5.74, 6) is 1.07. The number of hydrogen-bond donors (Lipinski definition) is 2. The van der Waals surface area contributed by atoms with E-state index in [1.807, 2.05) is 61.5 Å². The van der Waals surface area contributed by atoms with E-state index in [1.54, 1.807) is 7.11 Å². The molecule has 130 valence electrons. The first-order chi connectivity index (χ1) is 11.1. The summed E-state index contributed by atoms with van der Waals surface area (Å²) in [4.78, 5) is 12.1. The minimum Gasteiger partial charge on any atom is -0.493 e. The van der Waals surface area contributed by atoms with Crippen LogP contribution in [0.1, 0.15) is 18.5 Å². The van der Waals surface area contributed by atoms with Crippen molar-refractivity contribution in [1.82, 2.24) is 5.32 Å². The van der Waals surface area contributed by atoms with Crippen molar-refractivity contribution in [3.8, 4) is 11.5 Å². The fraction of sp³-hybridized carbons (Fsp3) is 0.278. The second-order valence-corrected chi connectivity index (χ2v) is 5.21. The molecule has 0 fully saturated rings. The molecule has 0 saturated carbocycles. The molecule has 3 N–H and O–H groups in total. The van der Waals surface area contributed by atoms with Gasteiger partial charge in [0.1, 0.15) is 12.1 Å². The zero-order chi connectivity index (χ0) is 16.7. The Labute approximate surface area is 148 Å². The summed E-state index contributed by atoms with van der Waals surface area (Å²) in [5, 5.41) is 2.81. The van der Waals surface area contributed by atoms with Gasteiger partial charge in [-0.15, -0.1) is 12.4 Å². The lowest BCUT2D eigenvalue weighted by atomic mass is 10.1. The number of para-hydroxylation sites is 2. The third kappa shape index (κ3) is 5.44. The number of benzene rings is 2. The molecule has 0 radical (unpaired) electrons. The average molecular weight is 351 g/mol. The van der Waals surface area contributed by atoms with Gasteiger partial charge in [-0.25, -0.2) is 0 Å². The molecule has 0 aliphatic heterocycles. The van der Waals surface area contributed by atoms with Crippen LogP contribution in [0.15, 0.2) is 54.6 Å². The first-order valence-electron chi connectivity index (χ1n) is 7.49. The number of methoxy groups -OCH3 is 1. The molecule has 6 heteroatoms. The third-order valence-electron chi connectivity index (χ3n) is 3.40. The van der Waals surface area contributed by atoms with Gasteiger partial charge < -0.3 is 20.5 Å². The van der Waals surface area contributed by atoms with Crippen molar-refractivity contribution >= 4 is 18.3 Å². The molecule has 0 saturated heterocycles. The van der Waals surface area contributed by atoms with Crippen molar-refractivity contribution in [2.75, 3.05) is 13.7 Å². The zero-order valence-electron chi connectivity index (χ0n) is 13.8. The number of nitrogens with two attached hydrogens (primary N) is 1. The molecule has 0 spiro atoms. The van der Waals surface area contributed by atoms with Crippen LogP contribution in [0.2, 0.25) is 0 Å². The molecule has 2 unspecified atom stereocenters. The van der Waals surface area contributed by atoms with Crippen molar-refractivity contribution in [1.29, 1.82) is 0 Å². The van der Waals surface area contributed by atoms with Gasteiger partial charge in [-0.3, -0.25) is 4.79 Å². The Hall–Kier alpha value is -2.24. The molecule has 2 aromatic rings. The van der Waals surface area contributed by atoms with Gasteiger partial charge in [-0.1, -0.05) is 42.5 Å². The number of hydrogen-bond acceptors (Lipinski definition) is 4. The van der Waals surface area contributed by atoms with Crippen LogP contribution in [0.3, 0.4) is 0 Å². The Morgan fingerprint density at radius 2 is 1.67 bits per heavy atom. The first kappa shape index (κ1) is 19.8. The molecule has 2 rings (SSSR count). The lowest BCUT2D eigenvalue weighted by Crippen LogP contribution is -2.39. The summed E-state index contributed by atoms with van der Waals surface area (Å²) in [5.41, 5.74) is 6.73. The van der Waals surface area contributed by atoms with Gasteiger partial charge in [0.25, 0.3) is 0 Å². The largest absolute Gasteiger partial charge is 0.493 e. The lowest BCUT2D eigenvalue weighted by Gasteiger charge is -2.19. The highest BCUT2D eigenvalue weighted by Gasteiger charge is 2.16. The Bertz CT molecular complexity index is 637. The summed E-state index contributed by atoms with van der Waals surface area (Å²) < 4.78 is 11.0. The molecule has 0 bridgehead atoms. The van der Waals surface area contributed by atoms with Gasteiger partial charge in [0, 0.05) is 0 Å². The third-order valence-corrected chi connectivity index (χ3v) is 3.40. The minimum absolute atomic E-state index is 0. The van der Waals surface area contributed by atoms with Crippen molar-refractivity contribution in [3.63, 3.8) is 0 Å². The molecule has 24 heavy (non-hydrogen) atoms. The number of amides is 1. The smallest absolute Gasteiger partial charge is 0.241 e. The fourth-order valence-electron chi connectivity index (χ4n) is 2.14. The maximum atomic E-state index is 12.1. The fourth-order valence-corrected chi connectivity index (χ4v) is 2.14. The summed E-state index contributed by atoms with van der Waals surface area (Å²) in [6.07, 6.45) is -0.210. The standard InChI is InChI=1S/C18H22N2O3.ClH/c1-13(23-16-11-7-6-10-15(16)22-2)12-20-18(21)17(19)14-8-4-3-5-9-14;/h3-11,13,17H,12,19H2,1-2H3,(H,20,21);1H. The molecule has 0 aliphatic rings. The number of rotatable bonds is 7. The van der Waals surface area contributed by atoms with Crippen molar-refractivity contribution in [2.24, 2.45) is 5.73 Å². The van der Waals surface area contributed by atoms with Gasteiger partial charge in [-0.05, 0) is 24.6 Å². The van der Waals surface area contributed by atoms with Crippen molar-refractivity contribution < 1.29 is 14.3 Å². The van der Waals surface area contributed by atoms with Crippen molar-refractivity contribution in [2.45, 2.75) is 19.1 Å². The van der Waals surface area contributed by atoms with Gasteiger partial charge in [0.2, 0.25) is 5.91 Å². The van der Waals surface area contributed by atoms with E-state index in [0.29, 0.717) is 18.0 Å². The molecule has 2 aromatic carbocycles. The Balaban J connectivity index is 0.00000288. The van der Waals surface area contributed by atoms with Gasteiger partial charge in [-0.2, -0.15) is 0 Å². The highest BCUT2D eigenvalue weighted by atomic mass is 35.5. The monoisotopic (exact) mass is 350 g/mol. The molecular weight excluding hydrogens is 328 g/mol. The topological polar surface area (TPSA) is 73.6 Å². The highest BCUT2D eigenvalue weighted by molar-refractivity contribution is 5.85. The van der Waals surface area contributed by atoms with Crippen LogP contribution < -0.4 is 20.5 Å². The molecule has 2 atom stereocenters. The second-order valence-electron chi connectivity index (χ2n) is 5.21. The van der Waals surface area contributed by atoms with Crippen LogP contribution in [0.25, 0.3) is 0 Å². The van der Waals surface area contributed by atoms with E-state index >= 15 is 0 Å². The van der Waals surface area contributed by atoms with Crippen LogP contribution in [0, 0.1) is 0 Å². The SMILES string of the molecule is COc1ccccc1OC(C)CNC(=O)C(N)c1ccccc1.Cl. The van der Waals surface area contributed by atoms with Crippen LogP contribution in [-0.2, 0) is 4.79 Å². The lowest BCUT2D eigenvalue weighted by molar-refractivity contribution is -0.122. The summed E-state index contributed by atoms with van der Waals surface area (Å²) in [6.45, 7) is 2.23. The van der Waals surface area contributed by atoms with Crippen LogP contribution >= 0.6 is 12.4 Å². The highest BCUT2D eigenvalue weighted by Crippen LogP contribution is 2.26. The van der Waals surface area contributed by atoms with Crippen molar-refractivity contribution in [3.05, 3.63) is 60.2 Å².